The molecule has 0 aromatic heterocycles. The van der Waals surface area contributed by atoms with Gasteiger partial charge < -0.3 is 25.8 Å². The van der Waals surface area contributed by atoms with Gasteiger partial charge in [0.2, 0.25) is 0 Å². The molecule has 2 atom stereocenters. The Hall–Kier alpha value is -1.86. The molecule has 4 N–H and O–H groups in total. The van der Waals surface area contributed by atoms with E-state index in [2.05, 4.69) is 5.16 Å². The van der Waals surface area contributed by atoms with E-state index in [0.29, 0.717) is 18.7 Å². The highest BCUT2D eigenvalue weighted by Gasteiger charge is 2.33. The van der Waals surface area contributed by atoms with E-state index in [9.17, 15) is 9.50 Å². The summed E-state index contributed by atoms with van der Waals surface area (Å²) in [6.45, 7) is 1.12. The average Bonchev–Trinajstić information content (AvgIpc) is 2.77. The van der Waals surface area contributed by atoms with Gasteiger partial charge in [0.05, 0.1) is 17.4 Å². The summed E-state index contributed by atoms with van der Waals surface area (Å²) in [5.74, 6) is -0.819. The molecule has 6 nitrogen and oxygen atoms in total. The van der Waals surface area contributed by atoms with Crippen molar-refractivity contribution in [1.29, 1.82) is 0 Å². The first kappa shape index (κ1) is 15.5. The van der Waals surface area contributed by atoms with Gasteiger partial charge in [-0.1, -0.05) is 11.2 Å². The maximum atomic E-state index is 14.1. The number of aliphatic hydroxyl groups excluding tert-OH is 1. The summed E-state index contributed by atoms with van der Waals surface area (Å²) in [6.07, 6.45) is 0.128. The molecule has 21 heavy (non-hydrogen) atoms. The van der Waals surface area contributed by atoms with Crippen LogP contribution in [-0.2, 0) is 0 Å². The van der Waals surface area contributed by atoms with Gasteiger partial charge in [0.15, 0.2) is 5.84 Å². The molecule has 7 heteroatoms. The largest absolute Gasteiger partial charge is 0.409 e. The van der Waals surface area contributed by atoms with Gasteiger partial charge in [-0.25, -0.2) is 4.39 Å². The highest BCUT2D eigenvalue weighted by molar-refractivity contribution is 6.02. The van der Waals surface area contributed by atoms with Crippen LogP contribution in [0.5, 0.6) is 0 Å². The van der Waals surface area contributed by atoms with Crippen LogP contribution in [0.3, 0.4) is 0 Å². The van der Waals surface area contributed by atoms with E-state index in [0.717, 1.165) is 6.54 Å². The molecule has 1 heterocycles. The normalized spacial score (nSPS) is 23.1. The van der Waals surface area contributed by atoms with Gasteiger partial charge in [0, 0.05) is 19.1 Å². The predicted octanol–water partition coefficient (Wildman–Crippen LogP) is 0.421. The summed E-state index contributed by atoms with van der Waals surface area (Å²) in [5.41, 5.74) is 6.21. The van der Waals surface area contributed by atoms with Crippen molar-refractivity contribution in [3.05, 3.63) is 29.6 Å². The quantitative estimate of drug-likeness (QED) is 0.324. The number of anilines is 1. The maximum Gasteiger partial charge on any atom is 0.175 e. The summed E-state index contributed by atoms with van der Waals surface area (Å²) >= 11 is 0. The Kier molecular flexibility index (Phi) is 4.64. The summed E-state index contributed by atoms with van der Waals surface area (Å²) < 4.78 is 14.1. The first-order chi connectivity index (χ1) is 9.93. The Balaban J connectivity index is 2.42. The Morgan fingerprint density at radius 3 is 2.86 bits per heavy atom. The summed E-state index contributed by atoms with van der Waals surface area (Å²) in [5, 5.41) is 21.7. The molecule has 1 fully saturated rings. The molecule has 0 bridgehead atoms. The second kappa shape index (κ2) is 6.28. The number of rotatable bonds is 4. The Labute approximate surface area is 123 Å². The van der Waals surface area contributed by atoms with Gasteiger partial charge >= 0.3 is 0 Å². The number of oxime groups is 1. The SMILES string of the molecule is CN(C)CC1CC(O)CN1c1cccc(F)c1C(N)=NO. The first-order valence-electron chi connectivity index (χ1n) is 6.80. The standard InChI is InChI=1S/C14H21FN4O2/c1-18(2)7-9-6-10(20)8-19(9)12-5-3-4-11(15)13(12)14(16)17-21/h3-5,9-10,20-21H,6-8H2,1-2H3,(H2,16,17). The zero-order valence-electron chi connectivity index (χ0n) is 12.2. The molecule has 0 radical (unpaired) electrons. The average molecular weight is 296 g/mol. The Morgan fingerprint density at radius 1 is 1.52 bits per heavy atom. The molecule has 1 saturated heterocycles. The van der Waals surface area contributed by atoms with Gasteiger partial charge in [0.25, 0.3) is 0 Å². The highest BCUT2D eigenvalue weighted by atomic mass is 19.1. The number of hydrogen-bond donors (Lipinski definition) is 3. The fourth-order valence-electron chi connectivity index (χ4n) is 2.84. The first-order valence-corrected chi connectivity index (χ1v) is 6.80. The molecule has 2 unspecified atom stereocenters. The van der Waals surface area contributed by atoms with E-state index in [4.69, 9.17) is 10.9 Å². The van der Waals surface area contributed by atoms with Crippen LogP contribution in [0.1, 0.15) is 12.0 Å². The van der Waals surface area contributed by atoms with Gasteiger partial charge in [-0.15, -0.1) is 0 Å². The van der Waals surface area contributed by atoms with E-state index in [-0.39, 0.29) is 17.4 Å². The van der Waals surface area contributed by atoms with Crippen LogP contribution in [0.2, 0.25) is 0 Å². The number of β-amino-alcohol motifs (C(OH)–C–C–N with tert-alkyl or cyclic N) is 1. The number of likely N-dealkylation sites (N-methyl/N-ethyl adjacent to an activating group) is 1. The van der Waals surface area contributed by atoms with Crippen LogP contribution in [0.25, 0.3) is 0 Å². The molecule has 0 saturated carbocycles. The minimum atomic E-state index is -0.548. The Bertz CT molecular complexity index is 536. The van der Waals surface area contributed by atoms with Crippen molar-refractivity contribution in [3.63, 3.8) is 0 Å². The molecule has 1 aliphatic rings. The molecule has 0 aliphatic carbocycles. The lowest BCUT2D eigenvalue weighted by Crippen LogP contribution is -2.39. The van der Waals surface area contributed by atoms with Crippen molar-refractivity contribution in [1.82, 2.24) is 4.90 Å². The molecule has 2 rings (SSSR count). The van der Waals surface area contributed by atoms with Crippen molar-refractivity contribution in [3.8, 4) is 0 Å². The van der Waals surface area contributed by atoms with E-state index in [1.807, 2.05) is 23.9 Å². The third-order valence-corrected chi connectivity index (χ3v) is 3.63. The monoisotopic (exact) mass is 296 g/mol. The zero-order chi connectivity index (χ0) is 15.6. The molecule has 1 aromatic carbocycles. The van der Waals surface area contributed by atoms with E-state index < -0.39 is 11.9 Å². The van der Waals surface area contributed by atoms with Gasteiger partial charge in [0.1, 0.15) is 5.82 Å². The second-order valence-electron chi connectivity index (χ2n) is 5.58. The predicted molar refractivity (Wildman–Crippen MR) is 79.2 cm³/mol. The van der Waals surface area contributed by atoms with Gasteiger partial charge in [-0.05, 0) is 32.6 Å². The highest BCUT2D eigenvalue weighted by Crippen LogP contribution is 2.30. The van der Waals surface area contributed by atoms with Crippen LogP contribution in [0.4, 0.5) is 10.1 Å². The number of nitrogens with zero attached hydrogens (tertiary/aromatic N) is 3. The molecule has 0 amide bonds. The molecule has 1 aromatic rings. The van der Waals surface area contributed by atoms with Crippen molar-refractivity contribution in [2.75, 3.05) is 32.1 Å². The lowest BCUT2D eigenvalue weighted by Gasteiger charge is -2.30. The van der Waals surface area contributed by atoms with E-state index in [1.165, 1.54) is 6.07 Å². The fourth-order valence-corrected chi connectivity index (χ4v) is 2.84. The summed E-state index contributed by atoms with van der Waals surface area (Å²) in [4.78, 5) is 3.93. The molecule has 116 valence electrons. The third kappa shape index (κ3) is 3.25. The maximum absolute atomic E-state index is 14.1. The topological polar surface area (TPSA) is 85.3 Å². The zero-order valence-corrected chi connectivity index (χ0v) is 12.2. The van der Waals surface area contributed by atoms with Crippen LogP contribution >= 0.6 is 0 Å². The van der Waals surface area contributed by atoms with E-state index in [1.54, 1.807) is 12.1 Å². The lowest BCUT2D eigenvalue weighted by molar-refractivity contribution is 0.191. The number of benzene rings is 1. The third-order valence-electron chi connectivity index (χ3n) is 3.63. The number of aliphatic hydroxyl groups is 1. The van der Waals surface area contributed by atoms with Crippen LogP contribution in [0, 0.1) is 5.82 Å². The lowest BCUT2D eigenvalue weighted by atomic mass is 10.1. The molecule has 0 spiro atoms. The number of halogens is 1. The minimum Gasteiger partial charge on any atom is -0.409 e. The summed E-state index contributed by atoms with van der Waals surface area (Å²) in [6, 6.07) is 4.61. The van der Waals surface area contributed by atoms with Crippen LogP contribution in [0.15, 0.2) is 23.4 Å². The van der Waals surface area contributed by atoms with Crippen molar-refractivity contribution < 1.29 is 14.7 Å². The van der Waals surface area contributed by atoms with E-state index >= 15 is 0 Å². The minimum absolute atomic E-state index is 0.0436. The van der Waals surface area contributed by atoms with Crippen molar-refractivity contribution in [2.45, 2.75) is 18.6 Å². The van der Waals surface area contributed by atoms with Crippen molar-refractivity contribution in [2.24, 2.45) is 10.9 Å². The van der Waals surface area contributed by atoms with Gasteiger partial charge in [-0.3, -0.25) is 0 Å². The number of nitrogens with two attached hydrogens (primary N) is 1. The molecular formula is C14H21FN4O2. The van der Waals surface area contributed by atoms with Crippen LogP contribution in [-0.4, -0.2) is 60.4 Å². The molecule has 1 aliphatic heterocycles. The number of amidine groups is 1. The van der Waals surface area contributed by atoms with Crippen molar-refractivity contribution >= 4 is 11.5 Å². The second-order valence-corrected chi connectivity index (χ2v) is 5.58. The van der Waals surface area contributed by atoms with Gasteiger partial charge in [-0.2, -0.15) is 0 Å². The molecular weight excluding hydrogens is 275 g/mol. The summed E-state index contributed by atoms with van der Waals surface area (Å²) in [7, 11) is 3.89. The Morgan fingerprint density at radius 2 is 2.24 bits per heavy atom. The smallest absolute Gasteiger partial charge is 0.175 e. The van der Waals surface area contributed by atoms with Crippen LogP contribution < -0.4 is 10.6 Å². The number of hydrogen-bond acceptors (Lipinski definition) is 5. The fraction of sp³-hybridized carbons (Fsp3) is 0.500.